The molecule has 0 amide bonds. The Bertz CT molecular complexity index is 464. The Morgan fingerprint density at radius 1 is 1.38 bits per heavy atom. The maximum absolute atomic E-state index is 12.1. The van der Waals surface area contributed by atoms with Crippen molar-refractivity contribution in [3.63, 3.8) is 0 Å². The van der Waals surface area contributed by atoms with Gasteiger partial charge in [-0.15, -0.1) is 0 Å². The Morgan fingerprint density at radius 3 is 2.81 bits per heavy atom. The molecule has 4 heteroatoms. The molecule has 88 valence electrons. The van der Waals surface area contributed by atoms with Crippen LogP contribution in [0.2, 0.25) is 0 Å². The van der Waals surface area contributed by atoms with E-state index in [9.17, 15) is 4.21 Å². The fourth-order valence-corrected chi connectivity index (χ4v) is 4.01. The van der Waals surface area contributed by atoms with E-state index in [0.29, 0.717) is 6.54 Å². The van der Waals surface area contributed by atoms with E-state index in [2.05, 4.69) is 4.36 Å². The third-order valence-electron chi connectivity index (χ3n) is 2.79. The molecule has 0 radical (unpaired) electrons. The summed E-state index contributed by atoms with van der Waals surface area (Å²) >= 11 is 0. The predicted molar refractivity (Wildman–Crippen MR) is 66.2 cm³/mol. The molecule has 1 heterocycles. The molecule has 0 unspecified atom stereocenters. The van der Waals surface area contributed by atoms with Crippen molar-refractivity contribution in [2.45, 2.75) is 19.4 Å². The van der Waals surface area contributed by atoms with Gasteiger partial charge in [-0.05, 0) is 30.5 Å². The molecular weight excluding hydrogens is 222 g/mol. The maximum Gasteiger partial charge on any atom is 0.119 e. The van der Waals surface area contributed by atoms with Crippen LogP contribution < -0.4 is 4.74 Å². The molecule has 2 rings (SSSR count). The van der Waals surface area contributed by atoms with Crippen molar-refractivity contribution in [1.82, 2.24) is 0 Å². The summed E-state index contributed by atoms with van der Waals surface area (Å²) in [6.45, 7) is 0.538. The Hall–Kier alpha value is -1.03. The van der Waals surface area contributed by atoms with E-state index >= 15 is 0 Å². The Morgan fingerprint density at radius 2 is 2.12 bits per heavy atom. The zero-order chi connectivity index (χ0) is 11.4. The smallest absolute Gasteiger partial charge is 0.119 e. The number of hydrogen-bond acceptors (Lipinski definition) is 3. The zero-order valence-corrected chi connectivity index (χ0v) is 10.3. The van der Waals surface area contributed by atoms with Crippen LogP contribution >= 0.6 is 0 Å². The van der Waals surface area contributed by atoms with Gasteiger partial charge in [0.1, 0.15) is 5.75 Å². The Labute approximate surface area is 97.0 Å². The summed E-state index contributed by atoms with van der Waals surface area (Å²) in [4.78, 5) is 0. The maximum atomic E-state index is 12.1. The minimum atomic E-state index is -1.89. The molecule has 1 aromatic rings. The van der Waals surface area contributed by atoms with Gasteiger partial charge in [0.05, 0.1) is 13.7 Å². The molecule has 0 atom stereocenters. The summed E-state index contributed by atoms with van der Waals surface area (Å²) in [7, 11) is -0.241. The molecule has 3 nitrogen and oxygen atoms in total. The van der Waals surface area contributed by atoms with Gasteiger partial charge in [0, 0.05) is 21.2 Å². The highest BCUT2D eigenvalue weighted by molar-refractivity contribution is 7.93. The molecule has 1 fully saturated rings. The molecular formula is C12H17NO2S. The first-order valence-electron chi connectivity index (χ1n) is 5.53. The number of ether oxygens (including phenoxy) is 1. The lowest BCUT2D eigenvalue weighted by Crippen LogP contribution is -2.01. The van der Waals surface area contributed by atoms with Crippen LogP contribution in [0.15, 0.2) is 28.6 Å². The largest absolute Gasteiger partial charge is 0.497 e. The summed E-state index contributed by atoms with van der Waals surface area (Å²) < 4.78 is 21.6. The Kier molecular flexibility index (Phi) is 3.49. The Balaban J connectivity index is 2.12. The van der Waals surface area contributed by atoms with Crippen LogP contribution in [-0.2, 0) is 16.3 Å². The second-order valence-corrected chi connectivity index (χ2v) is 6.65. The molecule has 0 saturated carbocycles. The standard InChI is InChI=1S/C12H17NO2S/c1-15-12-6-4-5-11(9-12)10-13-16(14)7-2-3-8-16/h4-6,9H,2-3,7-8,10H2,1H3. The average molecular weight is 239 g/mol. The van der Waals surface area contributed by atoms with Crippen LogP contribution in [0.4, 0.5) is 0 Å². The number of rotatable bonds is 3. The number of hydrogen-bond donors (Lipinski definition) is 0. The molecule has 1 aliphatic rings. The third-order valence-corrected chi connectivity index (χ3v) is 5.25. The first-order chi connectivity index (χ1) is 7.72. The molecule has 0 bridgehead atoms. The van der Waals surface area contributed by atoms with Gasteiger partial charge in [-0.2, -0.15) is 0 Å². The van der Waals surface area contributed by atoms with Crippen molar-refractivity contribution in [3.05, 3.63) is 29.8 Å². The van der Waals surface area contributed by atoms with Crippen molar-refractivity contribution in [3.8, 4) is 5.75 Å². The van der Waals surface area contributed by atoms with Crippen molar-refractivity contribution >= 4 is 9.73 Å². The fraction of sp³-hybridized carbons (Fsp3) is 0.500. The minimum Gasteiger partial charge on any atom is -0.497 e. The predicted octanol–water partition coefficient (Wildman–Crippen LogP) is 2.46. The highest BCUT2D eigenvalue weighted by Gasteiger charge is 2.15. The second kappa shape index (κ2) is 4.87. The van der Waals surface area contributed by atoms with Gasteiger partial charge in [0.2, 0.25) is 0 Å². The summed E-state index contributed by atoms with van der Waals surface area (Å²) in [5, 5.41) is 0. The lowest BCUT2D eigenvalue weighted by atomic mass is 10.2. The van der Waals surface area contributed by atoms with Gasteiger partial charge in [-0.3, -0.25) is 0 Å². The number of methoxy groups -OCH3 is 1. The number of nitrogens with zero attached hydrogens (tertiary/aromatic N) is 1. The van der Waals surface area contributed by atoms with Gasteiger partial charge < -0.3 is 4.74 Å². The molecule has 1 aliphatic heterocycles. The normalized spacial score (nSPS) is 18.3. The van der Waals surface area contributed by atoms with Crippen molar-refractivity contribution in [2.75, 3.05) is 18.6 Å². The van der Waals surface area contributed by atoms with Gasteiger partial charge >= 0.3 is 0 Å². The van der Waals surface area contributed by atoms with E-state index in [4.69, 9.17) is 4.74 Å². The monoisotopic (exact) mass is 239 g/mol. The van der Waals surface area contributed by atoms with E-state index < -0.39 is 9.73 Å². The highest BCUT2D eigenvalue weighted by Crippen LogP contribution is 2.17. The van der Waals surface area contributed by atoms with E-state index in [1.807, 2.05) is 24.3 Å². The highest BCUT2D eigenvalue weighted by atomic mass is 32.2. The quantitative estimate of drug-likeness (QED) is 0.812. The topological polar surface area (TPSA) is 38.7 Å². The van der Waals surface area contributed by atoms with Crippen LogP contribution in [-0.4, -0.2) is 22.8 Å². The average Bonchev–Trinajstić information content (AvgIpc) is 2.75. The van der Waals surface area contributed by atoms with E-state index in [-0.39, 0.29) is 0 Å². The molecule has 0 aliphatic carbocycles. The molecule has 1 aromatic carbocycles. The molecule has 0 spiro atoms. The summed E-state index contributed by atoms with van der Waals surface area (Å²) in [6.07, 6.45) is 2.11. The summed E-state index contributed by atoms with van der Waals surface area (Å²) in [6, 6.07) is 7.77. The van der Waals surface area contributed by atoms with E-state index in [1.54, 1.807) is 7.11 Å². The van der Waals surface area contributed by atoms with Gasteiger partial charge in [0.15, 0.2) is 0 Å². The SMILES string of the molecule is COc1cccc(CN=S2(=O)CCCC2)c1. The zero-order valence-electron chi connectivity index (χ0n) is 9.52. The molecule has 0 N–H and O–H groups in total. The molecule has 1 saturated heterocycles. The van der Waals surface area contributed by atoms with Crippen molar-refractivity contribution in [2.24, 2.45) is 4.36 Å². The second-order valence-electron chi connectivity index (χ2n) is 4.03. The first kappa shape index (κ1) is 11.5. The van der Waals surface area contributed by atoms with Crippen LogP contribution in [0.5, 0.6) is 5.75 Å². The fourth-order valence-electron chi connectivity index (χ4n) is 1.85. The number of benzene rings is 1. The minimum absolute atomic E-state index is 0.538. The molecule has 0 aromatic heterocycles. The first-order valence-corrected chi connectivity index (χ1v) is 7.38. The third kappa shape index (κ3) is 2.76. The lowest BCUT2D eigenvalue weighted by molar-refractivity contribution is 0.414. The van der Waals surface area contributed by atoms with Gasteiger partial charge in [-0.25, -0.2) is 8.57 Å². The van der Waals surface area contributed by atoms with Crippen molar-refractivity contribution in [1.29, 1.82) is 0 Å². The molecule has 16 heavy (non-hydrogen) atoms. The van der Waals surface area contributed by atoms with Crippen LogP contribution in [0, 0.1) is 0 Å². The van der Waals surface area contributed by atoms with E-state index in [1.165, 1.54) is 0 Å². The summed E-state index contributed by atoms with van der Waals surface area (Å²) in [5.74, 6) is 2.38. The van der Waals surface area contributed by atoms with Crippen LogP contribution in [0.3, 0.4) is 0 Å². The van der Waals surface area contributed by atoms with Crippen LogP contribution in [0.1, 0.15) is 18.4 Å². The van der Waals surface area contributed by atoms with Crippen LogP contribution in [0.25, 0.3) is 0 Å². The van der Waals surface area contributed by atoms with E-state index in [0.717, 1.165) is 35.7 Å². The van der Waals surface area contributed by atoms with Crippen molar-refractivity contribution < 1.29 is 8.95 Å². The summed E-state index contributed by atoms with van der Waals surface area (Å²) in [5.41, 5.74) is 1.06. The van der Waals surface area contributed by atoms with Gasteiger partial charge in [-0.1, -0.05) is 12.1 Å². The lowest BCUT2D eigenvalue weighted by Gasteiger charge is -2.03. The van der Waals surface area contributed by atoms with Gasteiger partial charge in [0.25, 0.3) is 0 Å².